The van der Waals surface area contributed by atoms with E-state index in [4.69, 9.17) is 0 Å². The average Bonchev–Trinajstić information content (AvgIpc) is 3.08. The van der Waals surface area contributed by atoms with Crippen LogP contribution >= 0.6 is 11.8 Å². The van der Waals surface area contributed by atoms with E-state index in [1.54, 1.807) is 91.0 Å². The number of para-hydroxylation sites is 1. The average molecular weight is 670 g/mol. The van der Waals surface area contributed by atoms with Gasteiger partial charge in [0.2, 0.25) is 5.91 Å². The molecule has 5 rings (SSSR count). The van der Waals surface area contributed by atoms with Crippen molar-refractivity contribution in [1.82, 2.24) is 5.32 Å². The van der Waals surface area contributed by atoms with Crippen LogP contribution in [0.3, 0.4) is 0 Å². The van der Waals surface area contributed by atoms with Crippen LogP contribution in [0.1, 0.15) is 32.3 Å². The van der Waals surface area contributed by atoms with Crippen LogP contribution in [-0.4, -0.2) is 17.7 Å². The fraction of sp³-hybridized carbons (Fsp3) is 0.0541. The van der Waals surface area contributed by atoms with Gasteiger partial charge < -0.3 is 16.0 Å². The van der Waals surface area contributed by atoms with Crippen LogP contribution in [0.4, 0.5) is 28.9 Å². The van der Waals surface area contributed by atoms with Crippen LogP contribution in [0.25, 0.3) is 6.08 Å². The molecular formula is C37H27F4N3O3S. The van der Waals surface area contributed by atoms with E-state index < -0.39 is 40.5 Å². The summed E-state index contributed by atoms with van der Waals surface area (Å²) in [7, 11) is 0. The summed E-state index contributed by atoms with van der Waals surface area (Å²) in [6.45, 7) is 0. The lowest BCUT2D eigenvalue weighted by atomic mass is 10.1. The Labute approximate surface area is 277 Å². The zero-order valence-electron chi connectivity index (χ0n) is 25.0. The summed E-state index contributed by atoms with van der Waals surface area (Å²) in [6, 6.07) is 33.7. The molecular weight excluding hydrogens is 642 g/mol. The van der Waals surface area contributed by atoms with Gasteiger partial charge in [-0.2, -0.15) is 13.2 Å². The number of thioether (sulfide) groups is 1. The largest absolute Gasteiger partial charge is 0.418 e. The van der Waals surface area contributed by atoms with E-state index in [1.165, 1.54) is 42.5 Å². The number of nitrogens with one attached hydrogen (secondary N) is 3. The van der Waals surface area contributed by atoms with E-state index in [0.29, 0.717) is 10.5 Å². The number of carbonyl (C=O) groups excluding carboxylic acids is 3. The summed E-state index contributed by atoms with van der Waals surface area (Å²) < 4.78 is 55.4. The molecule has 0 saturated carbocycles. The highest BCUT2D eigenvalue weighted by molar-refractivity contribution is 8.00. The molecule has 3 N–H and O–H groups in total. The Morgan fingerprint density at radius 2 is 1.35 bits per heavy atom. The molecule has 1 unspecified atom stereocenters. The molecule has 48 heavy (non-hydrogen) atoms. The second kappa shape index (κ2) is 15.3. The summed E-state index contributed by atoms with van der Waals surface area (Å²) in [5, 5.41) is 6.71. The van der Waals surface area contributed by atoms with Gasteiger partial charge in [0, 0.05) is 21.7 Å². The van der Waals surface area contributed by atoms with Crippen LogP contribution in [0.5, 0.6) is 0 Å². The van der Waals surface area contributed by atoms with Gasteiger partial charge in [-0.25, -0.2) is 4.39 Å². The van der Waals surface area contributed by atoms with Gasteiger partial charge in [0.25, 0.3) is 11.8 Å². The third-order valence-corrected chi connectivity index (χ3v) is 8.16. The van der Waals surface area contributed by atoms with E-state index in [9.17, 15) is 31.9 Å². The van der Waals surface area contributed by atoms with Crippen LogP contribution in [0.15, 0.2) is 144 Å². The van der Waals surface area contributed by atoms with Crippen LogP contribution < -0.4 is 16.0 Å². The van der Waals surface area contributed by atoms with Gasteiger partial charge in [0.15, 0.2) is 0 Å². The lowest BCUT2D eigenvalue weighted by molar-refractivity contribution is -0.137. The molecule has 1 atom stereocenters. The Hall–Kier alpha value is -5.68. The Balaban J connectivity index is 1.40. The predicted octanol–water partition coefficient (Wildman–Crippen LogP) is 8.73. The molecule has 0 radical (unpaired) electrons. The zero-order valence-corrected chi connectivity index (χ0v) is 25.8. The minimum atomic E-state index is -4.67. The topological polar surface area (TPSA) is 87.3 Å². The number of anilines is 2. The van der Waals surface area contributed by atoms with E-state index in [2.05, 4.69) is 16.0 Å². The molecule has 242 valence electrons. The number of carbonyl (C=O) groups is 3. The number of hydrogen-bond donors (Lipinski definition) is 3. The van der Waals surface area contributed by atoms with E-state index in [1.807, 2.05) is 0 Å². The maximum absolute atomic E-state index is 14.5. The minimum absolute atomic E-state index is 0.0733. The van der Waals surface area contributed by atoms with Gasteiger partial charge in [-0.3, -0.25) is 14.4 Å². The molecule has 3 amide bonds. The van der Waals surface area contributed by atoms with Gasteiger partial charge in [-0.05, 0) is 60.2 Å². The first-order valence-corrected chi connectivity index (χ1v) is 15.4. The highest BCUT2D eigenvalue weighted by Gasteiger charge is 2.34. The maximum Gasteiger partial charge on any atom is 0.418 e. The molecule has 5 aromatic carbocycles. The van der Waals surface area contributed by atoms with Crippen molar-refractivity contribution in [2.45, 2.75) is 16.3 Å². The standard InChI is InChI=1S/C37H27F4N3O3S/c38-30-20-9-7-16-26(30)22-32(44-34(45)25-14-5-2-6-15-25)35(46)42-27-17-11-18-28(23-27)48-33(24-12-3-1-4-13-24)36(47)43-31-21-10-8-19-29(31)37(39,40)41/h1-23,33H,(H,42,46)(H,43,47)(H,44,45)/b32-22-. The first-order valence-electron chi connectivity index (χ1n) is 14.5. The van der Waals surface area contributed by atoms with Crippen molar-refractivity contribution in [3.8, 4) is 0 Å². The summed E-state index contributed by atoms with van der Waals surface area (Å²) in [4.78, 5) is 40.5. The van der Waals surface area contributed by atoms with Crippen molar-refractivity contribution in [2.75, 3.05) is 10.6 Å². The monoisotopic (exact) mass is 669 g/mol. The predicted molar refractivity (Wildman–Crippen MR) is 178 cm³/mol. The Bertz CT molecular complexity index is 1950. The van der Waals surface area contributed by atoms with E-state index in [0.717, 1.165) is 17.8 Å². The number of hydrogen-bond acceptors (Lipinski definition) is 4. The molecule has 0 aliphatic carbocycles. The summed E-state index contributed by atoms with van der Waals surface area (Å²) in [5.74, 6) is -2.61. The van der Waals surface area contributed by atoms with Gasteiger partial charge in [-0.1, -0.05) is 84.9 Å². The van der Waals surface area contributed by atoms with E-state index >= 15 is 0 Å². The number of halogens is 4. The summed E-state index contributed by atoms with van der Waals surface area (Å²) in [6.07, 6.45) is -3.45. The van der Waals surface area contributed by atoms with Crippen molar-refractivity contribution in [1.29, 1.82) is 0 Å². The van der Waals surface area contributed by atoms with Gasteiger partial charge in [0.1, 0.15) is 16.8 Å². The molecule has 0 bridgehead atoms. The molecule has 11 heteroatoms. The third-order valence-electron chi connectivity index (χ3n) is 6.91. The third kappa shape index (κ3) is 8.77. The van der Waals surface area contributed by atoms with Crippen molar-refractivity contribution in [3.05, 3.63) is 167 Å². The summed E-state index contributed by atoms with van der Waals surface area (Å²) in [5.41, 5.74) is -0.388. The van der Waals surface area contributed by atoms with Crippen molar-refractivity contribution >= 4 is 46.9 Å². The van der Waals surface area contributed by atoms with Gasteiger partial charge >= 0.3 is 6.18 Å². The molecule has 0 heterocycles. The Morgan fingerprint density at radius 1 is 0.708 bits per heavy atom. The molecule has 5 aromatic rings. The molecule has 6 nitrogen and oxygen atoms in total. The maximum atomic E-state index is 14.5. The zero-order chi connectivity index (χ0) is 34.1. The summed E-state index contributed by atoms with van der Waals surface area (Å²) >= 11 is 1.07. The first kappa shape index (κ1) is 33.7. The second-order valence-corrected chi connectivity index (χ2v) is 11.5. The van der Waals surface area contributed by atoms with Gasteiger partial charge in [-0.15, -0.1) is 11.8 Å². The van der Waals surface area contributed by atoms with Gasteiger partial charge in [0.05, 0.1) is 11.3 Å². The lowest BCUT2D eigenvalue weighted by Gasteiger charge is -2.19. The number of amides is 3. The van der Waals surface area contributed by atoms with Crippen molar-refractivity contribution in [3.63, 3.8) is 0 Å². The molecule has 0 aromatic heterocycles. The second-order valence-electron chi connectivity index (χ2n) is 10.3. The van der Waals surface area contributed by atoms with Crippen LogP contribution in [-0.2, 0) is 15.8 Å². The number of rotatable bonds is 10. The fourth-order valence-electron chi connectivity index (χ4n) is 4.61. The van der Waals surface area contributed by atoms with Crippen molar-refractivity contribution in [2.24, 2.45) is 0 Å². The number of alkyl halides is 3. The smallest absolute Gasteiger partial charge is 0.324 e. The number of benzene rings is 5. The quantitative estimate of drug-likeness (QED) is 0.0789. The fourth-order valence-corrected chi connectivity index (χ4v) is 5.69. The lowest BCUT2D eigenvalue weighted by Crippen LogP contribution is -2.30. The molecule has 0 spiro atoms. The SMILES string of the molecule is O=C(Nc1cccc(SC(C(=O)Nc2ccccc2C(F)(F)F)c2ccccc2)c1)/C(=C/c1ccccc1F)NC(=O)c1ccccc1. The normalized spacial score (nSPS) is 12.1. The molecule has 0 aliphatic heterocycles. The Morgan fingerprint density at radius 3 is 2.06 bits per heavy atom. The highest BCUT2D eigenvalue weighted by atomic mass is 32.2. The molecule has 0 saturated heterocycles. The van der Waals surface area contributed by atoms with Crippen molar-refractivity contribution < 1.29 is 31.9 Å². The van der Waals surface area contributed by atoms with Crippen LogP contribution in [0, 0.1) is 5.82 Å². The van der Waals surface area contributed by atoms with E-state index in [-0.39, 0.29) is 28.2 Å². The minimum Gasteiger partial charge on any atom is -0.324 e. The Kier molecular flexibility index (Phi) is 10.7. The highest BCUT2D eigenvalue weighted by Crippen LogP contribution is 2.39. The van der Waals surface area contributed by atoms with Crippen LogP contribution in [0.2, 0.25) is 0 Å². The first-order chi connectivity index (χ1) is 23.1. The molecule has 0 fully saturated rings. The molecule has 0 aliphatic rings.